The maximum Gasteiger partial charge on any atom is 0.326 e. The molecule has 4 amide bonds. The third-order valence-corrected chi connectivity index (χ3v) is 5.58. The van der Waals surface area contributed by atoms with E-state index in [0.717, 1.165) is 0 Å². The number of aliphatic carboxylic acids is 1. The molecule has 12 heteroatoms. The van der Waals surface area contributed by atoms with Crippen molar-refractivity contribution in [1.82, 2.24) is 16.0 Å². The smallest absolute Gasteiger partial charge is 0.326 e. The first-order valence-electron chi connectivity index (χ1n) is 12.4. The highest BCUT2D eigenvalue weighted by Gasteiger charge is 2.31. The van der Waals surface area contributed by atoms with Gasteiger partial charge < -0.3 is 38.3 Å². The van der Waals surface area contributed by atoms with Crippen molar-refractivity contribution in [3.63, 3.8) is 0 Å². The third-order valence-electron chi connectivity index (χ3n) is 5.58. The highest BCUT2D eigenvalue weighted by molar-refractivity contribution is 5.96. The lowest BCUT2D eigenvalue weighted by atomic mass is 10.0. The Morgan fingerprint density at radius 1 is 0.865 bits per heavy atom. The van der Waals surface area contributed by atoms with Crippen molar-refractivity contribution >= 4 is 29.6 Å². The summed E-state index contributed by atoms with van der Waals surface area (Å²) in [4.78, 5) is 61.9. The number of hydrogen-bond donors (Lipinski definition) is 7. The summed E-state index contributed by atoms with van der Waals surface area (Å²) in [5.41, 5.74) is 17.4. The van der Waals surface area contributed by atoms with Gasteiger partial charge in [-0.1, -0.05) is 44.2 Å². The summed E-state index contributed by atoms with van der Waals surface area (Å²) < 4.78 is 0. The molecule has 1 rings (SSSR count). The summed E-state index contributed by atoms with van der Waals surface area (Å²) in [5.74, 6) is -4.11. The lowest BCUT2D eigenvalue weighted by Crippen LogP contribution is -2.58. The van der Waals surface area contributed by atoms with Crippen LogP contribution in [0, 0.1) is 5.92 Å². The molecule has 37 heavy (non-hydrogen) atoms. The van der Waals surface area contributed by atoms with Crippen LogP contribution in [0.2, 0.25) is 0 Å². The molecule has 0 radical (unpaired) electrons. The van der Waals surface area contributed by atoms with E-state index in [4.69, 9.17) is 17.2 Å². The Bertz CT molecular complexity index is 910. The number of benzene rings is 1. The van der Waals surface area contributed by atoms with Gasteiger partial charge in [-0.15, -0.1) is 0 Å². The summed E-state index contributed by atoms with van der Waals surface area (Å²) in [5, 5.41) is 17.1. The van der Waals surface area contributed by atoms with Crippen molar-refractivity contribution in [2.24, 2.45) is 23.1 Å². The molecular weight excluding hydrogens is 480 g/mol. The van der Waals surface area contributed by atoms with Crippen LogP contribution in [0.1, 0.15) is 51.5 Å². The number of carboxylic acid groups (broad SMARTS) is 1. The van der Waals surface area contributed by atoms with Crippen LogP contribution in [0.15, 0.2) is 30.3 Å². The second-order valence-corrected chi connectivity index (χ2v) is 9.40. The van der Waals surface area contributed by atoms with Crippen molar-refractivity contribution in [2.45, 2.75) is 76.5 Å². The van der Waals surface area contributed by atoms with E-state index in [1.165, 1.54) is 0 Å². The molecule has 0 spiro atoms. The molecule has 0 aliphatic carbocycles. The van der Waals surface area contributed by atoms with Gasteiger partial charge in [0.05, 0.1) is 12.5 Å². The molecule has 0 aliphatic rings. The molecule has 12 nitrogen and oxygen atoms in total. The number of unbranched alkanes of at least 4 members (excludes halogenated alkanes) is 1. The number of carbonyl (C=O) groups is 5. The number of primary amides is 1. The topological polar surface area (TPSA) is 220 Å². The molecule has 1 aromatic carbocycles. The Balaban J connectivity index is 3.01. The molecule has 4 atom stereocenters. The summed E-state index contributed by atoms with van der Waals surface area (Å²) in [6, 6.07) is 4.16. The first kappa shape index (κ1) is 31.5. The van der Waals surface area contributed by atoms with Gasteiger partial charge in [-0.2, -0.15) is 0 Å². The zero-order valence-electron chi connectivity index (χ0n) is 21.4. The van der Waals surface area contributed by atoms with Crippen LogP contribution in [-0.2, 0) is 30.4 Å². The predicted octanol–water partition coefficient (Wildman–Crippen LogP) is -0.854. The summed E-state index contributed by atoms with van der Waals surface area (Å²) in [7, 11) is 0. The van der Waals surface area contributed by atoms with Gasteiger partial charge >= 0.3 is 5.97 Å². The van der Waals surface area contributed by atoms with Gasteiger partial charge in [0.1, 0.15) is 18.1 Å². The Hall–Kier alpha value is -3.51. The average molecular weight is 521 g/mol. The van der Waals surface area contributed by atoms with Gasteiger partial charge in [-0.25, -0.2) is 4.79 Å². The first-order chi connectivity index (χ1) is 17.4. The zero-order chi connectivity index (χ0) is 28.0. The van der Waals surface area contributed by atoms with E-state index in [9.17, 15) is 29.1 Å². The molecule has 4 unspecified atom stereocenters. The molecule has 0 saturated heterocycles. The zero-order valence-corrected chi connectivity index (χ0v) is 21.4. The molecule has 0 aliphatic heterocycles. The van der Waals surface area contributed by atoms with E-state index >= 15 is 0 Å². The largest absolute Gasteiger partial charge is 0.480 e. The minimum Gasteiger partial charge on any atom is -0.480 e. The maximum absolute atomic E-state index is 13.1. The average Bonchev–Trinajstić information content (AvgIpc) is 2.82. The maximum atomic E-state index is 13.1. The van der Waals surface area contributed by atoms with Gasteiger partial charge in [0, 0.05) is 6.42 Å². The lowest BCUT2D eigenvalue weighted by molar-refractivity contribution is -0.142. The van der Waals surface area contributed by atoms with Gasteiger partial charge in [0.15, 0.2) is 0 Å². The molecule has 206 valence electrons. The van der Waals surface area contributed by atoms with Crippen LogP contribution in [0.4, 0.5) is 0 Å². The molecule has 0 saturated carbocycles. The van der Waals surface area contributed by atoms with Crippen molar-refractivity contribution < 1.29 is 29.1 Å². The molecule has 0 aromatic heterocycles. The molecular formula is C25H40N6O6. The molecule has 1 aromatic rings. The van der Waals surface area contributed by atoms with Gasteiger partial charge in [-0.05, 0) is 43.7 Å². The van der Waals surface area contributed by atoms with Gasteiger partial charge in [-0.3, -0.25) is 19.2 Å². The fourth-order valence-corrected chi connectivity index (χ4v) is 3.66. The van der Waals surface area contributed by atoms with Crippen LogP contribution >= 0.6 is 0 Å². The minimum atomic E-state index is -1.35. The Kier molecular flexibility index (Phi) is 13.9. The monoisotopic (exact) mass is 520 g/mol. The Labute approximate surface area is 217 Å². The summed E-state index contributed by atoms with van der Waals surface area (Å²) in [6.45, 7) is 4.13. The fourth-order valence-electron chi connectivity index (χ4n) is 3.66. The second kappa shape index (κ2) is 16.3. The standard InChI is InChI=1S/C25H40N6O6/c1-15(2)12-17(27)22(33)30-19(14-21(28)32)24(35)29-18(10-6-7-11-26)23(34)31-20(25(36)37)13-16-8-4-3-5-9-16/h3-5,8-9,15,17-20H,6-7,10-14,26-27H2,1-2H3,(H2,28,32)(H,29,35)(H,30,33)(H,31,34)(H,36,37). The highest BCUT2D eigenvalue weighted by atomic mass is 16.4. The number of rotatable bonds is 17. The molecule has 0 bridgehead atoms. The van der Waals surface area contributed by atoms with Crippen LogP contribution < -0.4 is 33.2 Å². The Morgan fingerprint density at radius 2 is 1.43 bits per heavy atom. The lowest BCUT2D eigenvalue weighted by Gasteiger charge is -2.25. The first-order valence-corrected chi connectivity index (χ1v) is 12.4. The molecule has 0 heterocycles. The van der Waals surface area contributed by atoms with Gasteiger partial charge in [0.25, 0.3) is 0 Å². The second-order valence-electron chi connectivity index (χ2n) is 9.40. The van der Waals surface area contributed by atoms with E-state index in [1.54, 1.807) is 30.3 Å². The fraction of sp³-hybridized carbons (Fsp3) is 0.560. The van der Waals surface area contributed by atoms with Crippen molar-refractivity contribution in [3.8, 4) is 0 Å². The van der Waals surface area contributed by atoms with E-state index in [-0.39, 0.29) is 18.8 Å². The third kappa shape index (κ3) is 12.3. The van der Waals surface area contributed by atoms with Gasteiger partial charge in [0.2, 0.25) is 23.6 Å². The number of hydrogen-bond acceptors (Lipinski definition) is 7. The van der Waals surface area contributed by atoms with Crippen LogP contribution in [-0.4, -0.2) is 65.4 Å². The number of carbonyl (C=O) groups excluding carboxylic acids is 4. The normalized spacial score (nSPS) is 14.2. The van der Waals surface area contributed by atoms with E-state index < -0.39 is 60.2 Å². The molecule has 0 fully saturated rings. The molecule has 10 N–H and O–H groups in total. The predicted molar refractivity (Wildman–Crippen MR) is 138 cm³/mol. The van der Waals surface area contributed by atoms with E-state index in [2.05, 4.69) is 16.0 Å². The summed E-state index contributed by atoms with van der Waals surface area (Å²) >= 11 is 0. The van der Waals surface area contributed by atoms with Crippen molar-refractivity contribution in [1.29, 1.82) is 0 Å². The van der Waals surface area contributed by atoms with E-state index in [1.807, 2.05) is 13.8 Å². The quantitative estimate of drug-likeness (QED) is 0.128. The summed E-state index contributed by atoms with van der Waals surface area (Å²) in [6.07, 6.45) is 1.10. The minimum absolute atomic E-state index is 0.0411. The van der Waals surface area contributed by atoms with Crippen molar-refractivity contribution in [2.75, 3.05) is 6.54 Å². The van der Waals surface area contributed by atoms with Crippen LogP contribution in [0.5, 0.6) is 0 Å². The number of amides is 4. The highest BCUT2D eigenvalue weighted by Crippen LogP contribution is 2.08. The Morgan fingerprint density at radius 3 is 1.97 bits per heavy atom. The van der Waals surface area contributed by atoms with E-state index in [0.29, 0.717) is 31.4 Å². The number of nitrogens with one attached hydrogen (secondary N) is 3. The number of carboxylic acids is 1. The van der Waals surface area contributed by atoms with Crippen molar-refractivity contribution in [3.05, 3.63) is 35.9 Å². The number of nitrogens with two attached hydrogens (primary N) is 3. The SMILES string of the molecule is CC(C)CC(N)C(=O)NC(CC(N)=O)C(=O)NC(CCCCN)C(=O)NC(Cc1ccccc1)C(=O)O. The van der Waals surface area contributed by atoms with Crippen LogP contribution in [0.25, 0.3) is 0 Å². The van der Waals surface area contributed by atoms with Crippen LogP contribution in [0.3, 0.4) is 0 Å².